The number of nitriles is 1. The number of benzene rings is 3. The van der Waals surface area contributed by atoms with Crippen molar-refractivity contribution >= 4 is 31.7 Å². The molecule has 0 fully saturated rings. The van der Waals surface area contributed by atoms with Gasteiger partial charge in [0, 0.05) is 23.3 Å². The highest BCUT2D eigenvalue weighted by molar-refractivity contribution is 9.10. The molecule has 38 heavy (non-hydrogen) atoms. The van der Waals surface area contributed by atoms with Gasteiger partial charge in [-0.3, -0.25) is 4.79 Å². The molecule has 0 aliphatic rings. The van der Waals surface area contributed by atoms with Crippen LogP contribution in [0.3, 0.4) is 0 Å². The molecule has 0 atom stereocenters. The smallest absolute Gasteiger partial charge is 0.250 e. The standard InChI is InChI=1S/C28H23BrN4O4S/c1-18-13-23(22-7-3-20(15-30)4-8-22)14-19(2)27(18)37-26-11-12-31-28(33-26)38(35,36)17-25(34)32-16-21-5-9-24(29)10-6-21/h3-14H,16-17H2,1-2H3,(H,32,34). The Bertz CT molecular complexity index is 1610. The molecule has 0 aliphatic heterocycles. The molecule has 1 heterocycles. The summed E-state index contributed by atoms with van der Waals surface area (Å²) in [6.07, 6.45) is 1.28. The Labute approximate surface area is 229 Å². The van der Waals surface area contributed by atoms with Crippen LogP contribution in [0.1, 0.15) is 22.3 Å². The van der Waals surface area contributed by atoms with Gasteiger partial charge >= 0.3 is 0 Å². The molecule has 0 saturated carbocycles. The van der Waals surface area contributed by atoms with E-state index in [4.69, 9.17) is 10.00 Å². The first-order valence-electron chi connectivity index (χ1n) is 11.5. The van der Waals surface area contributed by atoms with Gasteiger partial charge in [0.05, 0.1) is 11.6 Å². The predicted molar refractivity (Wildman–Crippen MR) is 146 cm³/mol. The van der Waals surface area contributed by atoms with Crippen LogP contribution in [-0.2, 0) is 21.2 Å². The summed E-state index contributed by atoms with van der Waals surface area (Å²) in [7, 11) is -4.10. The second-order valence-corrected chi connectivity index (χ2v) is 11.4. The lowest BCUT2D eigenvalue weighted by atomic mass is 9.99. The number of amides is 1. The Balaban J connectivity index is 1.47. The van der Waals surface area contributed by atoms with Crippen molar-refractivity contribution in [1.29, 1.82) is 5.26 Å². The Morgan fingerprint density at radius 3 is 2.29 bits per heavy atom. The second kappa shape index (κ2) is 11.5. The molecule has 0 saturated heterocycles. The van der Waals surface area contributed by atoms with E-state index in [1.165, 1.54) is 12.3 Å². The third-order valence-electron chi connectivity index (χ3n) is 5.62. The lowest BCUT2D eigenvalue weighted by Crippen LogP contribution is -2.30. The van der Waals surface area contributed by atoms with Crippen LogP contribution in [0.15, 0.2) is 82.6 Å². The minimum Gasteiger partial charge on any atom is -0.438 e. The summed E-state index contributed by atoms with van der Waals surface area (Å²) >= 11 is 3.34. The highest BCUT2D eigenvalue weighted by Crippen LogP contribution is 2.33. The maximum absolute atomic E-state index is 12.8. The molecule has 192 valence electrons. The number of carbonyl (C=O) groups excluding carboxylic acids is 1. The minimum absolute atomic E-state index is 0.0474. The first-order valence-corrected chi connectivity index (χ1v) is 14.0. The fourth-order valence-electron chi connectivity index (χ4n) is 3.74. The summed E-state index contributed by atoms with van der Waals surface area (Å²) in [4.78, 5) is 20.2. The molecule has 4 aromatic rings. The minimum atomic E-state index is -4.10. The van der Waals surface area contributed by atoms with Crippen LogP contribution in [0.5, 0.6) is 11.6 Å². The molecule has 4 rings (SSSR count). The molecule has 0 radical (unpaired) electrons. The SMILES string of the molecule is Cc1cc(-c2ccc(C#N)cc2)cc(C)c1Oc1ccnc(S(=O)(=O)CC(=O)NCc2ccc(Br)cc2)n1. The zero-order chi connectivity index (χ0) is 27.3. The van der Waals surface area contributed by atoms with Crippen LogP contribution < -0.4 is 10.1 Å². The summed E-state index contributed by atoms with van der Waals surface area (Å²) in [5.74, 6) is -0.861. The second-order valence-electron chi connectivity index (χ2n) is 8.57. The number of ether oxygens (including phenoxy) is 1. The van der Waals surface area contributed by atoms with Crippen LogP contribution in [0.25, 0.3) is 11.1 Å². The average molecular weight is 591 g/mol. The summed E-state index contributed by atoms with van der Waals surface area (Å²) in [6, 6.07) is 22.0. The van der Waals surface area contributed by atoms with Gasteiger partial charge in [0.15, 0.2) is 0 Å². The van der Waals surface area contributed by atoms with Gasteiger partial charge in [-0.15, -0.1) is 0 Å². The van der Waals surface area contributed by atoms with Gasteiger partial charge in [0.2, 0.25) is 21.6 Å². The van der Waals surface area contributed by atoms with Crippen LogP contribution in [0.4, 0.5) is 0 Å². The molecule has 8 nitrogen and oxygen atoms in total. The molecule has 1 N–H and O–H groups in total. The van der Waals surface area contributed by atoms with E-state index in [-0.39, 0.29) is 12.4 Å². The highest BCUT2D eigenvalue weighted by Gasteiger charge is 2.23. The van der Waals surface area contributed by atoms with Gasteiger partial charge in [-0.1, -0.05) is 40.2 Å². The number of hydrogen-bond donors (Lipinski definition) is 1. The van der Waals surface area contributed by atoms with Gasteiger partial charge in [-0.2, -0.15) is 10.2 Å². The maximum Gasteiger partial charge on any atom is 0.250 e. The maximum atomic E-state index is 12.8. The Morgan fingerprint density at radius 1 is 1.00 bits per heavy atom. The van der Waals surface area contributed by atoms with Crippen molar-refractivity contribution in [3.8, 4) is 28.8 Å². The molecule has 0 bridgehead atoms. The Kier molecular flexibility index (Phi) is 8.20. The van der Waals surface area contributed by atoms with E-state index < -0.39 is 26.7 Å². The number of halogens is 1. The van der Waals surface area contributed by atoms with Gasteiger partial charge < -0.3 is 10.1 Å². The van der Waals surface area contributed by atoms with E-state index in [2.05, 4.69) is 37.3 Å². The number of aromatic nitrogens is 2. The number of aryl methyl sites for hydroxylation is 2. The summed E-state index contributed by atoms with van der Waals surface area (Å²) < 4.78 is 32.5. The number of nitrogens with one attached hydrogen (secondary N) is 1. The van der Waals surface area contributed by atoms with Crippen molar-refractivity contribution in [1.82, 2.24) is 15.3 Å². The quantitative estimate of drug-likeness (QED) is 0.277. The summed E-state index contributed by atoms with van der Waals surface area (Å²) in [5.41, 5.74) is 4.96. The van der Waals surface area contributed by atoms with Crippen molar-refractivity contribution in [3.63, 3.8) is 0 Å². The van der Waals surface area contributed by atoms with Crippen molar-refractivity contribution < 1.29 is 17.9 Å². The zero-order valence-corrected chi connectivity index (χ0v) is 23.0. The van der Waals surface area contributed by atoms with Crippen molar-refractivity contribution in [2.24, 2.45) is 0 Å². The van der Waals surface area contributed by atoms with E-state index in [0.717, 1.165) is 32.3 Å². The van der Waals surface area contributed by atoms with E-state index in [9.17, 15) is 13.2 Å². The fourth-order valence-corrected chi connectivity index (χ4v) is 5.03. The van der Waals surface area contributed by atoms with Crippen LogP contribution in [0, 0.1) is 25.2 Å². The number of rotatable bonds is 8. The van der Waals surface area contributed by atoms with Crippen LogP contribution in [0.2, 0.25) is 0 Å². The van der Waals surface area contributed by atoms with E-state index in [1.54, 1.807) is 12.1 Å². The van der Waals surface area contributed by atoms with E-state index in [1.807, 2.05) is 62.4 Å². The molecular formula is C28H23BrN4O4S. The first-order chi connectivity index (χ1) is 18.1. The molecule has 1 aromatic heterocycles. The lowest BCUT2D eigenvalue weighted by Gasteiger charge is -2.14. The molecule has 0 unspecified atom stereocenters. The normalized spacial score (nSPS) is 11.0. The predicted octanol–water partition coefficient (Wildman–Crippen LogP) is 5.28. The summed E-state index contributed by atoms with van der Waals surface area (Å²) in [6.45, 7) is 3.96. The van der Waals surface area contributed by atoms with Crippen molar-refractivity contribution in [2.45, 2.75) is 25.5 Å². The van der Waals surface area contributed by atoms with Gasteiger partial charge in [0.1, 0.15) is 11.5 Å². The number of hydrogen-bond acceptors (Lipinski definition) is 7. The monoisotopic (exact) mass is 590 g/mol. The number of nitrogens with zero attached hydrogens (tertiary/aromatic N) is 3. The molecule has 0 spiro atoms. The zero-order valence-electron chi connectivity index (χ0n) is 20.6. The van der Waals surface area contributed by atoms with Crippen molar-refractivity contribution in [3.05, 3.63) is 99.7 Å². The average Bonchev–Trinajstić information content (AvgIpc) is 2.90. The van der Waals surface area contributed by atoms with Crippen LogP contribution >= 0.6 is 15.9 Å². The van der Waals surface area contributed by atoms with Crippen LogP contribution in [-0.4, -0.2) is 30.0 Å². The first kappa shape index (κ1) is 27.0. The largest absolute Gasteiger partial charge is 0.438 e. The third-order valence-corrected chi connectivity index (χ3v) is 7.55. The molecule has 1 amide bonds. The Morgan fingerprint density at radius 2 is 1.66 bits per heavy atom. The molecule has 3 aromatic carbocycles. The third kappa shape index (κ3) is 6.62. The summed E-state index contributed by atoms with van der Waals surface area (Å²) in [5, 5.41) is 11.1. The number of sulfone groups is 1. The fraction of sp³-hybridized carbons (Fsp3) is 0.143. The van der Waals surface area contributed by atoms with Crippen molar-refractivity contribution in [2.75, 3.05) is 5.75 Å². The topological polar surface area (TPSA) is 122 Å². The molecule has 10 heteroatoms. The van der Waals surface area contributed by atoms with Gasteiger partial charge in [-0.05, 0) is 78.1 Å². The number of carbonyl (C=O) groups is 1. The Hall–Kier alpha value is -4.07. The molecule has 0 aliphatic carbocycles. The van der Waals surface area contributed by atoms with E-state index >= 15 is 0 Å². The van der Waals surface area contributed by atoms with Gasteiger partial charge in [0.25, 0.3) is 5.16 Å². The van der Waals surface area contributed by atoms with Gasteiger partial charge in [-0.25, -0.2) is 13.4 Å². The highest BCUT2D eigenvalue weighted by atomic mass is 79.9. The lowest BCUT2D eigenvalue weighted by molar-refractivity contribution is -0.118. The van der Waals surface area contributed by atoms with E-state index in [0.29, 0.717) is 11.3 Å². The molecular weight excluding hydrogens is 568 g/mol.